The summed E-state index contributed by atoms with van der Waals surface area (Å²) >= 11 is 0. The van der Waals surface area contributed by atoms with Gasteiger partial charge in [-0.15, -0.1) is 0 Å². The Bertz CT molecular complexity index is 855. The zero-order valence-electron chi connectivity index (χ0n) is 13.7. The molecule has 0 atom stereocenters. The van der Waals surface area contributed by atoms with Crippen LogP contribution in [0.15, 0.2) is 23.3 Å². The van der Waals surface area contributed by atoms with Crippen molar-refractivity contribution in [3.05, 3.63) is 64.0 Å². The van der Waals surface area contributed by atoms with Crippen molar-refractivity contribution in [2.75, 3.05) is 6.61 Å². The topological polar surface area (TPSA) is 50.7 Å². The Kier molecular flexibility index (Phi) is 5.91. The van der Waals surface area contributed by atoms with E-state index in [1.54, 1.807) is 19.1 Å². The summed E-state index contributed by atoms with van der Waals surface area (Å²) < 4.78 is 71.1. The molecule has 0 aliphatic heterocycles. The van der Waals surface area contributed by atoms with Gasteiger partial charge in [0.15, 0.2) is 29.9 Å². The largest absolute Gasteiger partial charge is 0.483 e. The van der Waals surface area contributed by atoms with Crippen LogP contribution < -0.4 is 10.2 Å². The molecule has 26 heavy (non-hydrogen) atoms. The summed E-state index contributed by atoms with van der Waals surface area (Å²) in [6.45, 7) is 3.15. The van der Waals surface area contributed by atoms with Gasteiger partial charge in [0.25, 0.3) is 5.91 Å². The first kappa shape index (κ1) is 19.4. The van der Waals surface area contributed by atoms with Crippen LogP contribution in [0.2, 0.25) is 0 Å². The number of benzene rings is 2. The van der Waals surface area contributed by atoms with E-state index in [2.05, 4.69) is 5.10 Å². The van der Waals surface area contributed by atoms with Crippen LogP contribution in [0.1, 0.15) is 16.7 Å². The number of rotatable bonds is 5. The monoisotopic (exact) mass is 372 g/mol. The fourth-order valence-electron chi connectivity index (χ4n) is 1.94. The quantitative estimate of drug-likeness (QED) is 0.287. The molecule has 0 aliphatic rings. The van der Waals surface area contributed by atoms with Crippen LogP contribution in [0.5, 0.6) is 5.75 Å². The number of aryl methyl sites for hydroxylation is 2. The van der Waals surface area contributed by atoms with Crippen molar-refractivity contribution >= 4 is 12.1 Å². The molecule has 0 heterocycles. The number of carbonyl (C=O) groups excluding carboxylic acids is 1. The summed E-state index contributed by atoms with van der Waals surface area (Å²) in [6, 6.07) is 5.36. The highest BCUT2D eigenvalue weighted by Crippen LogP contribution is 2.21. The maximum atomic E-state index is 13.4. The molecule has 0 radical (unpaired) electrons. The number of nitrogens with one attached hydrogen (secondary N) is 1. The number of halogens is 5. The molecule has 0 spiro atoms. The second kappa shape index (κ2) is 7.94. The van der Waals surface area contributed by atoms with Crippen LogP contribution in [0, 0.1) is 42.9 Å². The normalized spacial score (nSPS) is 11.0. The lowest BCUT2D eigenvalue weighted by Gasteiger charge is -2.09. The predicted octanol–water partition coefficient (Wildman–Crippen LogP) is 3.53. The SMILES string of the molecule is Cc1ccc(C)c(OCC(=O)N/N=C/c2c(F)c(F)c(F)c(F)c2F)c1. The standard InChI is InChI=1S/C17H13F5N2O2/c1-8-3-4-9(2)11(5-8)26-7-12(25)24-23-6-10-13(18)15(20)17(22)16(21)14(10)19/h3-6H,7H2,1-2H3,(H,24,25)/b23-6+. The zero-order valence-corrected chi connectivity index (χ0v) is 13.7. The van der Waals surface area contributed by atoms with Gasteiger partial charge in [-0.05, 0) is 31.0 Å². The van der Waals surface area contributed by atoms with E-state index in [9.17, 15) is 26.7 Å². The lowest BCUT2D eigenvalue weighted by molar-refractivity contribution is -0.123. The number of ether oxygens (including phenoxy) is 1. The first-order valence-electron chi connectivity index (χ1n) is 7.25. The van der Waals surface area contributed by atoms with Gasteiger partial charge >= 0.3 is 0 Å². The second-order valence-corrected chi connectivity index (χ2v) is 5.33. The summed E-state index contributed by atoms with van der Waals surface area (Å²) in [6.07, 6.45) is 0.325. The molecule has 2 rings (SSSR count). The molecule has 2 aromatic carbocycles. The Balaban J connectivity index is 2.03. The number of nitrogens with zero attached hydrogens (tertiary/aromatic N) is 1. The molecule has 1 N–H and O–H groups in total. The van der Waals surface area contributed by atoms with Gasteiger partial charge in [-0.1, -0.05) is 12.1 Å². The summed E-state index contributed by atoms with van der Waals surface area (Å²) in [7, 11) is 0. The molecule has 0 bridgehead atoms. The first-order chi connectivity index (χ1) is 12.2. The van der Waals surface area contributed by atoms with Crippen LogP contribution in [0.25, 0.3) is 0 Å². The highest BCUT2D eigenvalue weighted by molar-refractivity contribution is 5.83. The van der Waals surface area contributed by atoms with Crippen molar-refractivity contribution in [3.8, 4) is 5.75 Å². The molecule has 0 saturated heterocycles. The van der Waals surface area contributed by atoms with E-state index < -0.39 is 47.2 Å². The van der Waals surface area contributed by atoms with Crippen molar-refractivity contribution in [3.63, 3.8) is 0 Å². The lowest BCUT2D eigenvalue weighted by Crippen LogP contribution is -2.25. The number of hydrogen-bond acceptors (Lipinski definition) is 3. The Labute approximate surface area is 145 Å². The van der Waals surface area contributed by atoms with Gasteiger partial charge in [0.1, 0.15) is 5.75 Å². The summed E-state index contributed by atoms with van der Waals surface area (Å²) in [4.78, 5) is 11.6. The van der Waals surface area contributed by atoms with E-state index in [0.29, 0.717) is 12.0 Å². The van der Waals surface area contributed by atoms with Gasteiger partial charge in [-0.3, -0.25) is 4.79 Å². The minimum atomic E-state index is -2.27. The molecule has 0 aliphatic carbocycles. The van der Waals surface area contributed by atoms with Crippen molar-refractivity contribution < 1.29 is 31.5 Å². The number of carbonyl (C=O) groups is 1. The van der Waals surface area contributed by atoms with Gasteiger partial charge in [-0.2, -0.15) is 5.10 Å². The Morgan fingerprint density at radius 3 is 2.23 bits per heavy atom. The van der Waals surface area contributed by atoms with E-state index in [1.165, 1.54) is 0 Å². The minimum Gasteiger partial charge on any atom is -0.483 e. The van der Waals surface area contributed by atoms with Gasteiger partial charge in [0, 0.05) is 0 Å². The van der Waals surface area contributed by atoms with Crippen LogP contribution in [-0.4, -0.2) is 18.7 Å². The third kappa shape index (κ3) is 4.16. The molecule has 0 saturated carbocycles. The Morgan fingerprint density at radius 2 is 1.62 bits per heavy atom. The highest BCUT2D eigenvalue weighted by Gasteiger charge is 2.24. The third-order valence-electron chi connectivity index (χ3n) is 3.33. The molecular weight excluding hydrogens is 359 g/mol. The van der Waals surface area contributed by atoms with Crippen molar-refractivity contribution in [2.24, 2.45) is 5.10 Å². The fourth-order valence-corrected chi connectivity index (χ4v) is 1.94. The Morgan fingerprint density at radius 1 is 1.04 bits per heavy atom. The van der Waals surface area contributed by atoms with E-state index in [-0.39, 0.29) is 0 Å². The number of hydrogen-bond donors (Lipinski definition) is 1. The average molecular weight is 372 g/mol. The molecule has 1 amide bonds. The minimum absolute atomic E-state index is 0.325. The zero-order chi connectivity index (χ0) is 19.4. The molecular formula is C17H13F5N2O2. The Hall–Kier alpha value is -2.97. The second-order valence-electron chi connectivity index (χ2n) is 5.33. The first-order valence-corrected chi connectivity index (χ1v) is 7.25. The van der Waals surface area contributed by atoms with Gasteiger partial charge in [0.2, 0.25) is 5.82 Å². The number of hydrazone groups is 1. The molecule has 0 unspecified atom stereocenters. The molecule has 138 valence electrons. The molecule has 0 aromatic heterocycles. The van der Waals surface area contributed by atoms with Crippen molar-refractivity contribution in [1.29, 1.82) is 0 Å². The van der Waals surface area contributed by atoms with E-state index in [0.717, 1.165) is 11.1 Å². The third-order valence-corrected chi connectivity index (χ3v) is 3.33. The van der Waals surface area contributed by atoms with Gasteiger partial charge in [0.05, 0.1) is 11.8 Å². The van der Waals surface area contributed by atoms with Crippen LogP contribution >= 0.6 is 0 Å². The summed E-state index contributed by atoms with van der Waals surface area (Å²) in [5.74, 6) is -10.9. The maximum absolute atomic E-state index is 13.4. The molecule has 2 aromatic rings. The van der Waals surface area contributed by atoms with Crippen molar-refractivity contribution in [1.82, 2.24) is 5.43 Å². The van der Waals surface area contributed by atoms with Gasteiger partial charge < -0.3 is 4.74 Å². The summed E-state index contributed by atoms with van der Waals surface area (Å²) in [5, 5.41) is 3.19. The molecule has 9 heteroatoms. The van der Waals surface area contributed by atoms with Crippen molar-refractivity contribution in [2.45, 2.75) is 13.8 Å². The van der Waals surface area contributed by atoms with Crippen LogP contribution in [0.3, 0.4) is 0 Å². The summed E-state index contributed by atoms with van der Waals surface area (Å²) in [5.41, 5.74) is 2.31. The van der Waals surface area contributed by atoms with E-state index in [4.69, 9.17) is 4.74 Å². The van der Waals surface area contributed by atoms with E-state index in [1.807, 2.05) is 18.4 Å². The highest BCUT2D eigenvalue weighted by atomic mass is 19.2. The lowest BCUT2D eigenvalue weighted by atomic mass is 10.1. The number of amides is 1. The van der Waals surface area contributed by atoms with Crippen LogP contribution in [-0.2, 0) is 4.79 Å². The smallest absolute Gasteiger partial charge is 0.277 e. The average Bonchev–Trinajstić information content (AvgIpc) is 2.62. The molecule has 0 fully saturated rings. The fraction of sp³-hybridized carbons (Fsp3) is 0.176. The van der Waals surface area contributed by atoms with Crippen LogP contribution in [0.4, 0.5) is 22.0 Å². The predicted molar refractivity (Wildman–Crippen MR) is 83.4 cm³/mol. The van der Waals surface area contributed by atoms with Gasteiger partial charge in [-0.25, -0.2) is 27.4 Å². The van der Waals surface area contributed by atoms with E-state index >= 15 is 0 Å². The molecule has 4 nitrogen and oxygen atoms in total. The maximum Gasteiger partial charge on any atom is 0.277 e.